The first-order chi connectivity index (χ1) is 25.3. The first kappa shape index (κ1) is 42.1. The molecule has 0 spiro atoms. The Morgan fingerprint density at radius 3 is 1.74 bits per heavy atom. The topological polar surface area (TPSA) is 202 Å². The van der Waals surface area contributed by atoms with Gasteiger partial charge in [-0.25, -0.2) is 19.2 Å². The Balaban J connectivity index is 1.58. The molecule has 0 aliphatic carbocycles. The van der Waals surface area contributed by atoms with Crippen LogP contribution in [0.15, 0.2) is 60.7 Å². The molecule has 15 heteroatoms. The summed E-state index contributed by atoms with van der Waals surface area (Å²) in [6.45, 7) is 6.04. The molecule has 1 saturated heterocycles. The summed E-state index contributed by atoms with van der Waals surface area (Å²) in [6.07, 6.45) is 0.832. The summed E-state index contributed by atoms with van der Waals surface area (Å²) < 4.78 is 15.8. The number of nitrogens with zero attached hydrogens (tertiary/aromatic N) is 1. The highest BCUT2D eigenvalue weighted by Gasteiger charge is 2.38. The molecule has 3 rings (SSSR count). The summed E-state index contributed by atoms with van der Waals surface area (Å²) in [7, 11) is 0. The van der Waals surface area contributed by atoms with Gasteiger partial charge in [0.15, 0.2) is 0 Å². The van der Waals surface area contributed by atoms with Crippen LogP contribution in [0.3, 0.4) is 0 Å². The Labute approximate surface area is 310 Å². The van der Waals surface area contributed by atoms with Gasteiger partial charge < -0.3 is 45.5 Å². The van der Waals surface area contributed by atoms with E-state index in [1.165, 1.54) is 4.90 Å². The molecule has 53 heavy (non-hydrogen) atoms. The van der Waals surface area contributed by atoms with E-state index >= 15 is 0 Å². The molecule has 0 aromatic heterocycles. The summed E-state index contributed by atoms with van der Waals surface area (Å²) in [4.78, 5) is 77.6. The van der Waals surface area contributed by atoms with Crippen molar-refractivity contribution in [1.82, 2.24) is 26.2 Å². The van der Waals surface area contributed by atoms with Crippen LogP contribution in [0.25, 0.3) is 0 Å². The van der Waals surface area contributed by atoms with Gasteiger partial charge in [-0.1, -0.05) is 60.7 Å². The third-order valence-corrected chi connectivity index (χ3v) is 8.25. The number of rotatable bonds is 19. The normalized spacial score (nSPS) is 15.0. The van der Waals surface area contributed by atoms with Gasteiger partial charge in [-0.3, -0.25) is 9.59 Å². The summed E-state index contributed by atoms with van der Waals surface area (Å²) in [5.74, 6) is -2.30. The molecule has 1 aliphatic rings. The molecule has 290 valence electrons. The zero-order chi connectivity index (χ0) is 38.6. The lowest BCUT2D eigenvalue weighted by Gasteiger charge is -2.29. The maximum Gasteiger partial charge on any atom is 0.408 e. The molecule has 15 nitrogen and oxygen atoms in total. The van der Waals surface area contributed by atoms with Gasteiger partial charge >= 0.3 is 24.2 Å². The number of likely N-dealkylation sites (tertiary alicyclic amines) is 1. The molecule has 1 fully saturated rings. The third-order valence-electron chi connectivity index (χ3n) is 8.25. The molecular weight excluding hydrogens is 686 g/mol. The predicted molar refractivity (Wildman–Crippen MR) is 194 cm³/mol. The smallest absolute Gasteiger partial charge is 0.408 e. The van der Waals surface area contributed by atoms with Crippen LogP contribution in [0.4, 0.5) is 14.4 Å². The van der Waals surface area contributed by atoms with E-state index in [1.54, 1.807) is 20.8 Å². The first-order valence-electron chi connectivity index (χ1n) is 18.0. The number of carbonyl (C=O) groups excluding carboxylic acids is 5. The Morgan fingerprint density at radius 1 is 0.736 bits per heavy atom. The van der Waals surface area contributed by atoms with Crippen LogP contribution in [-0.2, 0) is 41.8 Å². The van der Waals surface area contributed by atoms with Crippen molar-refractivity contribution < 1.29 is 48.1 Å². The molecule has 3 atom stereocenters. The Hall–Kier alpha value is -5.34. The van der Waals surface area contributed by atoms with Crippen LogP contribution in [0, 0.1) is 0 Å². The van der Waals surface area contributed by atoms with Crippen molar-refractivity contribution >= 4 is 36.1 Å². The van der Waals surface area contributed by atoms with Crippen molar-refractivity contribution in [2.45, 2.75) is 109 Å². The fourth-order valence-electron chi connectivity index (χ4n) is 5.61. The van der Waals surface area contributed by atoms with E-state index in [1.807, 2.05) is 60.7 Å². The highest BCUT2D eigenvalue weighted by molar-refractivity contribution is 5.93. The summed E-state index contributed by atoms with van der Waals surface area (Å²) in [5.41, 5.74) is 0.856. The molecule has 2 aromatic rings. The highest BCUT2D eigenvalue weighted by Crippen LogP contribution is 2.20. The number of carboxylic acid groups (broad SMARTS) is 1. The van der Waals surface area contributed by atoms with Gasteiger partial charge in [0.05, 0.1) is 0 Å². The molecule has 0 unspecified atom stereocenters. The lowest BCUT2D eigenvalue weighted by Crippen LogP contribution is -2.56. The number of hydrogen-bond acceptors (Lipinski definition) is 9. The zero-order valence-electron chi connectivity index (χ0n) is 30.8. The number of carboxylic acids is 1. The number of nitrogens with one attached hydrogen (secondary N) is 4. The van der Waals surface area contributed by atoms with Crippen LogP contribution in [0.2, 0.25) is 0 Å². The van der Waals surface area contributed by atoms with Crippen LogP contribution in [0.1, 0.15) is 83.3 Å². The number of carbonyl (C=O) groups is 6. The fourth-order valence-corrected chi connectivity index (χ4v) is 5.61. The number of aliphatic carboxylic acids is 1. The van der Waals surface area contributed by atoms with Gasteiger partial charge in [-0.05, 0) is 83.3 Å². The van der Waals surface area contributed by atoms with E-state index in [9.17, 15) is 33.9 Å². The lowest BCUT2D eigenvalue weighted by molar-refractivity contribution is -0.149. The quantitative estimate of drug-likeness (QED) is 0.0999. The van der Waals surface area contributed by atoms with E-state index in [4.69, 9.17) is 14.2 Å². The molecule has 0 radical (unpaired) electrons. The van der Waals surface area contributed by atoms with E-state index in [-0.39, 0.29) is 45.7 Å². The van der Waals surface area contributed by atoms with Crippen molar-refractivity contribution in [3.63, 3.8) is 0 Å². The van der Waals surface area contributed by atoms with Gasteiger partial charge in [-0.2, -0.15) is 0 Å². The molecule has 1 aliphatic heterocycles. The summed E-state index contributed by atoms with van der Waals surface area (Å²) in [6, 6.07) is 15.3. The van der Waals surface area contributed by atoms with E-state index in [2.05, 4.69) is 21.3 Å². The Bertz CT molecular complexity index is 1490. The van der Waals surface area contributed by atoms with E-state index in [0.717, 1.165) is 11.1 Å². The largest absolute Gasteiger partial charge is 0.480 e. The summed E-state index contributed by atoms with van der Waals surface area (Å²) in [5, 5.41) is 20.4. The second-order valence-corrected chi connectivity index (χ2v) is 13.8. The summed E-state index contributed by atoms with van der Waals surface area (Å²) >= 11 is 0. The van der Waals surface area contributed by atoms with Gasteiger partial charge in [0.25, 0.3) is 0 Å². The molecule has 5 amide bonds. The van der Waals surface area contributed by atoms with Crippen molar-refractivity contribution in [2.75, 3.05) is 19.6 Å². The van der Waals surface area contributed by atoms with Crippen molar-refractivity contribution in [3.8, 4) is 0 Å². The zero-order valence-corrected chi connectivity index (χ0v) is 30.8. The van der Waals surface area contributed by atoms with E-state index in [0.29, 0.717) is 38.5 Å². The second-order valence-electron chi connectivity index (χ2n) is 13.8. The molecule has 5 N–H and O–H groups in total. The van der Waals surface area contributed by atoms with Crippen molar-refractivity contribution in [3.05, 3.63) is 71.8 Å². The molecule has 1 heterocycles. The number of alkyl carbamates (subject to hydrolysis) is 3. The average Bonchev–Trinajstić information content (AvgIpc) is 3.62. The monoisotopic (exact) mass is 739 g/mol. The number of hydrogen-bond donors (Lipinski definition) is 5. The highest BCUT2D eigenvalue weighted by atomic mass is 16.6. The minimum absolute atomic E-state index is 0.117. The number of ether oxygens (including phenoxy) is 3. The second kappa shape index (κ2) is 21.9. The van der Waals surface area contributed by atoms with Crippen LogP contribution < -0.4 is 21.3 Å². The van der Waals surface area contributed by atoms with Crippen LogP contribution in [0.5, 0.6) is 0 Å². The van der Waals surface area contributed by atoms with Gasteiger partial charge in [0, 0.05) is 19.6 Å². The minimum atomic E-state index is -1.12. The van der Waals surface area contributed by atoms with Gasteiger partial charge in [0.2, 0.25) is 11.8 Å². The van der Waals surface area contributed by atoms with Crippen LogP contribution in [-0.4, -0.2) is 89.4 Å². The molecule has 0 saturated carbocycles. The maximum atomic E-state index is 13.7. The number of unbranched alkanes of at least 4 members (excludes halogenated alkanes) is 2. The van der Waals surface area contributed by atoms with Gasteiger partial charge in [-0.15, -0.1) is 0 Å². The lowest BCUT2D eigenvalue weighted by atomic mass is 10.0. The standard InChI is InChI=1S/C38H53N5O10/c1-38(2,3)53-37(50)42-29(19-10-12-22-39-35(48)51-25-27-15-6-4-7-16-27)32(44)41-30(33(45)43-24-14-21-31(43)34(46)47)20-11-13-23-40-36(49)52-26-28-17-8-5-9-18-28/h4-9,15-18,29-31H,10-14,19-26H2,1-3H3,(H,39,48)(H,40,49)(H,41,44)(H,42,50)(H,46,47)/t29-,30-,31-/m0/s1. The maximum absolute atomic E-state index is 13.7. The first-order valence-corrected chi connectivity index (χ1v) is 18.0. The van der Waals surface area contributed by atoms with E-state index < -0.39 is 59.8 Å². The Morgan fingerprint density at radius 2 is 1.25 bits per heavy atom. The third kappa shape index (κ3) is 16.3. The average molecular weight is 740 g/mol. The fraction of sp³-hybridized carbons (Fsp3) is 0.526. The predicted octanol–water partition coefficient (Wildman–Crippen LogP) is 4.63. The van der Waals surface area contributed by atoms with Crippen molar-refractivity contribution in [2.24, 2.45) is 0 Å². The molecular formula is C38H53N5O10. The Kier molecular flexibility index (Phi) is 17.4. The number of amides is 5. The molecule has 0 bridgehead atoms. The minimum Gasteiger partial charge on any atom is -0.480 e. The molecule has 2 aromatic carbocycles. The van der Waals surface area contributed by atoms with Crippen LogP contribution >= 0.6 is 0 Å². The van der Waals surface area contributed by atoms with Crippen molar-refractivity contribution in [1.29, 1.82) is 0 Å². The SMILES string of the molecule is CC(C)(C)OC(=O)N[C@@H](CCCCNC(=O)OCc1ccccc1)C(=O)N[C@@H](CCCCNC(=O)OCc1ccccc1)C(=O)N1CCC[C@H]1C(=O)O. The van der Waals surface area contributed by atoms with Gasteiger partial charge in [0.1, 0.15) is 36.9 Å². The number of benzene rings is 2.